The van der Waals surface area contributed by atoms with Crippen LogP contribution in [0.4, 0.5) is 13.2 Å². The Morgan fingerprint density at radius 2 is 1.83 bits per heavy atom. The Morgan fingerprint density at radius 1 is 1.25 bits per heavy atom. The highest BCUT2D eigenvalue weighted by atomic mass is 19.4. The number of hydrogen-bond acceptors (Lipinski definition) is 1. The van der Waals surface area contributed by atoms with E-state index < -0.39 is 11.9 Å². The third-order valence-electron chi connectivity index (χ3n) is 1.06. The molecule has 0 aromatic heterocycles. The van der Waals surface area contributed by atoms with Crippen molar-refractivity contribution >= 4 is 6.21 Å². The van der Waals surface area contributed by atoms with Gasteiger partial charge in [-0.15, -0.1) is 0 Å². The van der Waals surface area contributed by atoms with E-state index >= 15 is 0 Å². The highest BCUT2D eigenvalue weighted by molar-refractivity contribution is 5.72. The van der Waals surface area contributed by atoms with Gasteiger partial charge >= 0.3 is 6.18 Å². The van der Waals surface area contributed by atoms with E-state index in [2.05, 4.69) is 4.99 Å². The lowest BCUT2D eigenvalue weighted by Gasteiger charge is -2.04. The summed E-state index contributed by atoms with van der Waals surface area (Å²) in [5.74, 6) is 0. The summed E-state index contributed by atoms with van der Waals surface area (Å²) < 4.78 is 35.8. The van der Waals surface area contributed by atoms with Gasteiger partial charge < -0.3 is 0 Å². The topological polar surface area (TPSA) is 12.4 Å². The first-order valence-electron chi connectivity index (χ1n) is 3.41. The van der Waals surface area contributed by atoms with E-state index in [-0.39, 0.29) is 0 Å². The van der Waals surface area contributed by atoms with E-state index in [1.165, 1.54) is 13.0 Å². The van der Waals surface area contributed by atoms with Crippen molar-refractivity contribution < 1.29 is 13.2 Å². The van der Waals surface area contributed by atoms with Crippen LogP contribution in [0.2, 0.25) is 0 Å². The Balaban J connectivity index is 4.41. The van der Waals surface area contributed by atoms with Crippen molar-refractivity contribution in [3.63, 3.8) is 0 Å². The van der Waals surface area contributed by atoms with E-state index in [0.717, 1.165) is 12.3 Å². The summed E-state index contributed by atoms with van der Waals surface area (Å²) in [6.07, 6.45) is 0.734. The molecule has 1 nitrogen and oxygen atoms in total. The van der Waals surface area contributed by atoms with E-state index in [4.69, 9.17) is 0 Å². The smallest absolute Gasteiger partial charge is 0.252 e. The van der Waals surface area contributed by atoms with Crippen molar-refractivity contribution in [1.29, 1.82) is 0 Å². The standard InChI is InChI=1S/C8H10F3N/c1-3-5-6-12-7(4-2)8(9,10)11/h3-6H,1-2H3/b5-3-,7-4-,12-6-. The van der Waals surface area contributed by atoms with Crippen LogP contribution < -0.4 is 0 Å². The Bertz CT molecular complexity index is 211. The molecule has 0 aliphatic carbocycles. The zero-order valence-electron chi connectivity index (χ0n) is 6.89. The van der Waals surface area contributed by atoms with Crippen molar-refractivity contribution in [2.24, 2.45) is 4.99 Å². The summed E-state index contributed by atoms with van der Waals surface area (Å²) in [7, 11) is 0. The number of alkyl halides is 3. The van der Waals surface area contributed by atoms with Crippen LogP contribution in [-0.4, -0.2) is 12.4 Å². The second kappa shape index (κ2) is 4.74. The Morgan fingerprint density at radius 3 is 2.17 bits per heavy atom. The van der Waals surface area contributed by atoms with Gasteiger partial charge in [-0.05, 0) is 19.9 Å². The van der Waals surface area contributed by atoms with Crippen molar-refractivity contribution in [2.45, 2.75) is 20.0 Å². The van der Waals surface area contributed by atoms with Crippen molar-refractivity contribution in [3.05, 3.63) is 23.9 Å². The van der Waals surface area contributed by atoms with Crippen LogP contribution in [0.1, 0.15) is 13.8 Å². The average molecular weight is 177 g/mol. The van der Waals surface area contributed by atoms with Crippen LogP contribution in [0.15, 0.2) is 28.9 Å². The molecular formula is C8H10F3N. The van der Waals surface area contributed by atoms with E-state index in [0.29, 0.717) is 0 Å². The lowest BCUT2D eigenvalue weighted by molar-refractivity contribution is -0.0923. The predicted octanol–water partition coefficient (Wildman–Crippen LogP) is 3.10. The SMILES string of the molecule is C\C=C/C=N\C(=C/C)C(F)(F)F. The first-order valence-corrected chi connectivity index (χ1v) is 3.41. The third-order valence-corrected chi connectivity index (χ3v) is 1.06. The molecular weight excluding hydrogens is 167 g/mol. The van der Waals surface area contributed by atoms with E-state index in [1.807, 2.05) is 0 Å². The summed E-state index contributed by atoms with van der Waals surface area (Å²) >= 11 is 0. The van der Waals surface area contributed by atoms with Gasteiger partial charge in [0, 0.05) is 6.21 Å². The van der Waals surface area contributed by atoms with Crippen LogP contribution in [0.5, 0.6) is 0 Å². The highest BCUT2D eigenvalue weighted by Crippen LogP contribution is 2.25. The second-order valence-electron chi connectivity index (χ2n) is 1.98. The van der Waals surface area contributed by atoms with Crippen LogP contribution in [-0.2, 0) is 0 Å². The minimum absolute atomic E-state index is 0.874. The molecule has 0 bridgehead atoms. The Labute approximate surface area is 69.3 Å². The minimum Gasteiger partial charge on any atom is -0.252 e. The van der Waals surface area contributed by atoms with Crippen LogP contribution in [0.25, 0.3) is 0 Å². The molecule has 0 saturated heterocycles. The maximum atomic E-state index is 11.9. The van der Waals surface area contributed by atoms with Crippen LogP contribution >= 0.6 is 0 Å². The maximum Gasteiger partial charge on any atom is 0.432 e. The number of hydrogen-bond donors (Lipinski definition) is 0. The molecule has 0 aliphatic heterocycles. The van der Waals surface area contributed by atoms with Gasteiger partial charge in [0.2, 0.25) is 0 Å². The fraction of sp³-hybridized carbons (Fsp3) is 0.375. The van der Waals surface area contributed by atoms with E-state index in [9.17, 15) is 13.2 Å². The van der Waals surface area contributed by atoms with E-state index in [1.54, 1.807) is 13.0 Å². The van der Waals surface area contributed by atoms with Crippen LogP contribution in [0.3, 0.4) is 0 Å². The highest BCUT2D eigenvalue weighted by Gasteiger charge is 2.32. The van der Waals surface area contributed by atoms with Gasteiger partial charge in [-0.25, -0.2) is 0 Å². The van der Waals surface area contributed by atoms with Crippen molar-refractivity contribution in [2.75, 3.05) is 0 Å². The van der Waals surface area contributed by atoms with Gasteiger partial charge in [-0.3, -0.25) is 4.99 Å². The predicted molar refractivity (Wildman–Crippen MR) is 43.1 cm³/mol. The lowest BCUT2D eigenvalue weighted by Crippen LogP contribution is -2.09. The normalized spacial score (nSPS) is 14.9. The van der Waals surface area contributed by atoms with Gasteiger partial charge in [-0.1, -0.05) is 12.2 Å². The van der Waals surface area contributed by atoms with Crippen LogP contribution in [0, 0.1) is 0 Å². The minimum atomic E-state index is -4.35. The Hall–Kier alpha value is -1.06. The molecule has 0 unspecified atom stereocenters. The molecule has 0 aliphatic rings. The van der Waals surface area contributed by atoms with Crippen molar-refractivity contribution in [1.82, 2.24) is 0 Å². The number of rotatable bonds is 2. The van der Waals surface area contributed by atoms with Gasteiger partial charge in [0.1, 0.15) is 5.70 Å². The van der Waals surface area contributed by atoms with Gasteiger partial charge in [0.05, 0.1) is 0 Å². The molecule has 68 valence electrons. The number of aliphatic imine (C=N–C) groups is 1. The fourth-order valence-electron chi connectivity index (χ4n) is 0.521. The van der Waals surface area contributed by atoms with Gasteiger partial charge in [0.15, 0.2) is 0 Å². The molecule has 0 spiro atoms. The summed E-state index contributed by atoms with van der Waals surface area (Å²) in [5, 5.41) is 0. The molecule has 0 aromatic carbocycles. The lowest BCUT2D eigenvalue weighted by atomic mass is 10.4. The van der Waals surface area contributed by atoms with Crippen molar-refractivity contribution in [3.8, 4) is 0 Å². The first kappa shape index (κ1) is 10.9. The average Bonchev–Trinajstić information content (AvgIpc) is 1.95. The molecule has 0 radical (unpaired) electrons. The molecule has 4 heteroatoms. The van der Waals surface area contributed by atoms with Gasteiger partial charge in [0.25, 0.3) is 0 Å². The fourth-order valence-corrected chi connectivity index (χ4v) is 0.521. The molecule has 0 heterocycles. The largest absolute Gasteiger partial charge is 0.432 e. The quantitative estimate of drug-likeness (QED) is 0.574. The monoisotopic (exact) mass is 177 g/mol. The summed E-state index contributed by atoms with van der Waals surface area (Å²) in [4.78, 5) is 3.23. The molecule has 0 amide bonds. The third kappa shape index (κ3) is 3.95. The first-order chi connectivity index (χ1) is 5.52. The number of allylic oxidation sites excluding steroid dienone is 4. The summed E-state index contributed by atoms with van der Waals surface area (Å²) in [5.41, 5.74) is -0.874. The molecule has 0 saturated carbocycles. The maximum absolute atomic E-state index is 11.9. The second-order valence-corrected chi connectivity index (χ2v) is 1.98. The molecule has 0 atom stereocenters. The van der Waals surface area contributed by atoms with Gasteiger partial charge in [-0.2, -0.15) is 13.2 Å². The molecule has 0 N–H and O–H groups in total. The zero-order valence-corrected chi connectivity index (χ0v) is 6.89. The summed E-state index contributed by atoms with van der Waals surface area (Å²) in [6.45, 7) is 3.00. The number of nitrogens with zero attached hydrogens (tertiary/aromatic N) is 1. The zero-order chi connectivity index (χ0) is 9.61. The molecule has 0 rings (SSSR count). The molecule has 12 heavy (non-hydrogen) atoms. The summed E-state index contributed by atoms with van der Waals surface area (Å²) in [6, 6.07) is 0. The Kier molecular flexibility index (Phi) is 4.33. The molecule has 0 aromatic rings. The number of halogens is 3. The molecule has 0 fully saturated rings.